The molecule has 0 N–H and O–H groups in total. The maximum atomic E-state index is 12.2. The highest BCUT2D eigenvalue weighted by Crippen LogP contribution is 2.31. The molecule has 6 heteroatoms. The lowest BCUT2D eigenvalue weighted by atomic mass is 10.1. The Labute approximate surface area is 123 Å². The first-order valence-electron chi connectivity index (χ1n) is 6.60. The van der Waals surface area contributed by atoms with Crippen LogP contribution in [0.15, 0.2) is 24.3 Å². The first-order chi connectivity index (χ1) is 9.58. The van der Waals surface area contributed by atoms with E-state index < -0.39 is 5.60 Å². The van der Waals surface area contributed by atoms with E-state index >= 15 is 0 Å². The zero-order valence-electron chi connectivity index (χ0n) is 11.3. The smallest absolute Gasteiger partial charge is 0.415 e. The van der Waals surface area contributed by atoms with Gasteiger partial charge < -0.3 is 9.47 Å². The largest absolute Gasteiger partial charge is 0.437 e. The van der Waals surface area contributed by atoms with Crippen LogP contribution in [0.4, 0.5) is 10.5 Å². The Morgan fingerprint density at radius 2 is 2.20 bits per heavy atom. The van der Waals surface area contributed by atoms with Gasteiger partial charge >= 0.3 is 6.09 Å². The summed E-state index contributed by atoms with van der Waals surface area (Å²) >= 11 is 5.99. The topological polar surface area (TPSA) is 42.0 Å². The van der Waals surface area contributed by atoms with Crippen molar-refractivity contribution < 1.29 is 14.3 Å². The molecule has 20 heavy (non-hydrogen) atoms. The van der Waals surface area contributed by atoms with Crippen molar-refractivity contribution in [3.05, 3.63) is 29.3 Å². The van der Waals surface area contributed by atoms with Crippen molar-refractivity contribution in [2.45, 2.75) is 5.60 Å². The highest BCUT2D eigenvalue weighted by atomic mass is 35.5. The fourth-order valence-electron chi connectivity index (χ4n) is 2.72. The van der Waals surface area contributed by atoms with E-state index in [1.54, 1.807) is 17.0 Å². The lowest BCUT2D eigenvalue weighted by Gasteiger charge is -2.27. The molecule has 1 amide bonds. The van der Waals surface area contributed by atoms with E-state index in [1.807, 2.05) is 19.2 Å². The van der Waals surface area contributed by atoms with Gasteiger partial charge in [-0.3, -0.25) is 9.80 Å². The molecule has 2 fully saturated rings. The number of hydrogen-bond donors (Lipinski definition) is 0. The van der Waals surface area contributed by atoms with Crippen molar-refractivity contribution in [2.24, 2.45) is 0 Å². The van der Waals surface area contributed by atoms with Crippen LogP contribution in [-0.4, -0.2) is 56.5 Å². The molecule has 2 aliphatic heterocycles. The number of amides is 1. The second-order valence-electron chi connectivity index (χ2n) is 5.41. The zero-order chi connectivity index (χ0) is 14.2. The second-order valence-corrected chi connectivity index (χ2v) is 5.84. The average molecular weight is 297 g/mol. The number of nitrogens with zero attached hydrogens (tertiary/aromatic N) is 2. The summed E-state index contributed by atoms with van der Waals surface area (Å²) in [6.07, 6.45) is -0.342. The Balaban J connectivity index is 1.84. The number of carbonyl (C=O) groups is 1. The van der Waals surface area contributed by atoms with Crippen molar-refractivity contribution >= 4 is 23.4 Å². The van der Waals surface area contributed by atoms with E-state index in [0.29, 0.717) is 31.3 Å². The minimum atomic E-state index is -0.593. The predicted octanol–water partition coefficient (Wildman–Crippen LogP) is 2.00. The zero-order valence-corrected chi connectivity index (χ0v) is 12.1. The third kappa shape index (κ3) is 2.61. The van der Waals surface area contributed by atoms with Crippen molar-refractivity contribution in [2.75, 3.05) is 44.8 Å². The first-order valence-corrected chi connectivity index (χ1v) is 6.98. The van der Waals surface area contributed by atoms with Gasteiger partial charge in [0.15, 0.2) is 5.60 Å². The normalized spacial score (nSPS) is 27.7. The Morgan fingerprint density at radius 3 is 3.00 bits per heavy atom. The molecule has 3 rings (SSSR count). The van der Waals surface area contributed by atoms with Crippen LogP contribution in [0.2, 0.25) is 5.02 Å². The monoisotopic (exact) mass is 296 g/mol. The second kappa shape index (κ2) is 5.24. The molecule has 0 aromatic heterocycles. The maximum absolute atomic E-state index is 12.2. The molecule has 2 heterocycles. The van der Waals surface area contributed by atoms with Crippen LogP contribution >= 0.6 is 11.6 Å². The molecule has 1 aromatic rings. The summed E-state index contributed by atoms with van der Waals surface area (Å²) in [6, 6.07) is 7.23. The fraction of sp³-hybridized carbons (Fsp3) is 0.500. The molecule has 108 valence electrons. The predicted molar refractivity (Wildman–Crippen MR) is 76.3 cm³/mol. The van der Waals surface area contributed by atoms with Crippen molar-refractivity contribution in [3.63, 3.8) is 0 Å². The first kappa shape index (κ1) is 13.7. The van der Waals surface area contributed by atoms with Crippen LogP contribution in [0.5, 0.6) is 0 Å². The molecule has 5 nitrogen and oxygen atoms in total. The van der Waals surface area contributed by atoms with Crippen LogP contribution in [0, 0.1) is 0 Å². The number of benzene rings is 1. The van der Waals surface area contributed by atoms with E-state index in [4.69, 9.17) is 21.1 Å². The van der Waals surface area contributed by atoms with E-state index in [0.717, 1.165) is 12.2 Å². The average Bonchev–Trinajstić information content (AvgIpc) is 2.60. The van der Waals surface area contributed by atoms with E-state index in [2.05, 4.69) is 4.90 Å². The Morgan fingerprint density at radius 1 is 1.35 bits per heavy atom. The van der Waals surface area contributed by atoms with Gasteiger partial charge in [0.1, 0.15) is 0 Å². The van der Waals surface area contributed by atoms with Crippen molar-refractivity contribution in [1.29, 1.82) is 0 Å². The Bertz CT molecular complexity index is 525. The molecule has 1 spiro atoms. The lowest BCUT2D eigenvalue weighted by Crippen LogP contribution is -2.46. The maximum Gasteiger partial charge on any atom is 0.415 e. The summed E-state index contributed by atoms with van der Waals surface area (Å²) in [4.78, 5) is 15.9. The highest BCUT2D eigenvalue weighted by Gasteiger charge is 2.47. The Kier molecular flexibility index (Phi) is 3.58. The number of anilines is 1. The van der Waals surface area contributed by atoms with Gasteiger partial charge in [-0.05, 0) is 25.2 Å². The minimum absolute atomic E-state index is 0.342. The van der Waals surface area contributed by atoms with E-state index in [-0.39, 0.29) is 6.09 Å². The molecular weight excluding hydrogens is 280 g/mol. The molecule has 0 radical (unpaired) electrons. The number of carbonyl (C=O) groups excluding carboxylic acids is 1. The lowest BCUT2D eigenvalue weighted by molar-refractivity contribution is -0.0133. The van der Waals surface area contributed by atoms with Gasteiger partial charge in [0.25, 0.3) is 0 Å². The van der Waals surface area contributed by atoms with Crippen molar-refractivity contribution in [3.8, 4) is 0 Å². The van der Waals surface area contributed by atoms with E-state index in [9.17, 15) is 4.79 Å². The Hall–Kier alpha value is -1.30. The van der Waals surface area contributed by atoms with Crippen LogP contribution in [0.25, 0.3) is 0 Å². The van der Waals surface area contributed by atoms with Gasteiger partial charge in [-0.2, -0.15) is 0 Å². The van der Waals surface area contributed by atoms with Gasteiger partial charge in [0.05, 0.1) is 19.8 Å². The van der Waals surface area contributed by atoms with Crippen LogP contribution in [0.3, 0.4) is 0 Å². The van der Waals surface area contributed by atoms with Gasteiger partial charge in [0, 0.05) is 23.8 Å². The summed E-state index contributed by atoms with van der Waals surface area (Å²) in [6.45, 7) is 3.09. The molecular formula is C14H17ClN2O3. The highest BCUT2D eigenvalue weighted by molar-refractivity contribution is 6.30. The number of rotatable bonds is 1. The SMILES string of the molecule is CN1CCOCC2(C1)CN(c1cccc(Cl)c1)C(=O)O2. The number of halogens is 1. The molecule has 1 atom stereocenters. The molecule has 1 aromatic carbocycles. The van der Waals surface area contributed by atoms with Crippen molar-refractivity contribution in [1.82, 2.24) is 4.90 Å². The minimum Gasteiger partial charge on any atom is -0.437 e. The summed E-state index contributed by atoms with van der Waals surface area (Å²) < 4.78 is 11.2. The molecule has 2 saturated heterocycles. The summed E-state index contributed by atoms with van der Waals surface area (Å²) in [5, 5.41) is 0.602. The summed E-state index contributed by atoms with van der Waals surface area (Å²) in [7, 11) is 2.01. The molecule has 0 bridgehead atoms. The number of hydrogen-bond acceptors (Lipinski definition) is 4. The van der Waals surface area contributed by atoms with E-state index in [1.165, 1.54) is 0 Å². The van der Waals surface area contributed by atoms with Gasteiger partial charge in [-0.1, -0.05) is 17.7 Å². The van der Waals surface area contributed by atoms with Crippen LogP contribution < -0.4 is 4.90 Å². The fourth-order valence-corrected chi connectivity index (χ4v) is 2.90. The van der Waals surface area contributed by atoms with Crippen LogP contribution in [-0.2, 0) is 9.47 Å². The summed E-state index contributed by atoms with van der Waals surface area (Å²) in [5.74, 6) is 0. The molecule has 2 aliphatic rings. The molecule has 1 unspecified atom stereocenters. The van der Waals surface area contributed by atoms with Gasteiger partial charge in [0.2, 0.25) is 0 Å². The number of likely N-dealkylation sites (N-methyl/N-ethyl adjacent to an activating group) is 1. The quantitative estimate of drug-likeness (QED) is 0.795. The third-order valence-corrected chi connectivity index (χ3v) is 3.87. The standard InChI is InChI=1S/C14H17ClN2O3/c1-16-5-6-19-10-14(8-16)9-17(13(18)20-14)12-4-2-3-11(15)7-12/h2-4,7H,5-6,8-10H2,1H3. The van der Waals surface area contributed by atoms with Gasteiger partial charge in [-0.25, -0.2) is 4.79 Å². The van der Waals surface area contributed by atoms with Gasteiger partial charge in [-0.15, -0.1) is 0 Å². The number of ether oxygens (including phenoxy) is 2. The molecule has 0 aliphatic carbocycles. The summed E-state index contributed by atoms with van der Waals surface area (Å²) in [5.41, 5.74) is 0.163. The third-order valence-electron chi connectivity index (χ3n) is 3.63. The van der Waals surface area contributed by atoms with Crippen LogP contribution in [0.1, 0.15) is 0 Å². The molecule has 0 saturated carbocycles.